The lowest BCUT2D eigenvalue weighted by atomic mass is 9.99. The van der Waals surface area contributed by atoms with Crippen molar-refractivity contribution in [3.8, 4) is 0 Å². The maximum atomic E-state index is 3.85. The van der Waals surface area contributed by atoms with Gasteiger partial charge in [-0.3, -0.25) is 0 Å². The molecule has 0 N–H and O–H groups in total. The highest BCUT2D eigenvalue weighted by Gasteiger charge is 2.00. The van der Waals surface area contributed by atoms with Crippen molar-refractivity contribution < 1.29 is 0 Å². The summed E-state index contributed by atoms with van der Waals surface area (Å²) in [6.07, 6.45) is 4.73. The Morgan fingerprint density at radius 2 is 1.59 bits per heavy atom. The molecular weight excluding hydrogens is 204 g/mol. The second-order valence-electron chi connectivity index (χ2n) is 3.60. The fourth-order valence-electron chi connectivity index (χ4n) is 1.83. The quantitative estimate of drug-likeness (QED) is 0.626. The molecule has 0 unspecified atom stereocenters. The summed E-state index contributed by atoms with van der Waals surface area (Å²) in [5.41, 5.74) is 2.49. The van der Waals surface area contributed by atoms with Crippen LogP contribution in [0, 0.1) is 0 Å². The van der Waals surface area contributed by atoms with Gasteiger partial charge in [0.05, 0.1) is 0 Å². The van der Waals surface area contributed by atoms with E-state index in [1.54, 1.807) is 0 Å². The summed E-state index contributed by atoms with van der Waals surface area (Å²) in [5, 5.41) is 2.54. The summed E-state index contributed by atoms with van der Waals surface area (Å²) in [5.74, 6) is 0. The van der Waals surface area contributed by atoms with Gasteiger partial charge < -0.3 is 0 Å². The molecule has 0 saturated heterocycles. The second-order valence-corrected chi connectivity index (χ2v) is 3.60. The first-order valence-corrected chi connectivity index (χ1v) is 6.10. The van der Waals surface area contributed by atoms with Crippen molar-refractivity contribution in [2.75, 3.05) is 0 Å². The molecule has 0 amide bonds. The smallest absolute Gasteiger partial charge is 0.00940 e. The number of hydrogen-bond donors (Lipinski definition) is 0. The van der Waals surface area contributed by atoms with E-state index in [2.05, 4.69) is 49.6 Å². The molecule has 0 aliphatic heterocycles. The highest BCUT2D eigenvalue weighted by Crippen LogP contribution is 2.21. The highest BCUT2D eigenvalue weighted by molar-refractivity contribution is 5.86. The molecule has 0 fully saturated rings. The maximum absolute atomic E-state index is 3.85. The first kappa shape index (κ1) is 13.2. The van der Waals surface area contributed by atoms with E-state index < -0.39 is 0 Å². The minimum atomic E-state index is 0.895. The maximum Gasteiger partial charge on any atom is -0.00940 e. The molecule has 0 heterocycles. The molecule has 0 nitrogen and oxygen atoms in total. The minimum Gasteiger partial charge on any atom is -0.103 e. The predicted octanol–water partition coefficient (Wildman–Crippen LogP) is 5.24. The third-order valence-corrected chi connectivity index (χ3v) is 2.59. The van der Waals surface area contributed by atoms with Gasteiger partial charge in [0.25, 0.3) is 0 Å². The van der Waals surface area contributed by atoms with E-state index in [0.717, 1.165) is 6.42 Å². The summed E-state index contributed by atoms with van der Waals surface area (Å²) in [7, 11) is 0. The van der Waals surface area contributed by atoms with Crippen LogP contribution >= 0.6 is 0 Å². The Morgan fingerprint density at radius 1 is 1.00 bits per heavy atom. The zero-order chi connectivity index (χ0) is 12.7. The third kappa shape index (κ3) is 3.07. The van der Waals surface area contributed by atoms with Crippen molar-refractivity contribution >= 4 is 16.8 Å². The summed E-state index contributed by atoms with van der Waals surface area (Å²) in [6.45, 7) is 11.6. The van der Waals surface area contributed by atoms with E-state index in [4.69, 9.17) is 0 Å². The fourth-order valence-corrected chi connectivity index (χ4v) is 1.83. The Balaban J connectivity index is 0.000000686. The van der Waals surface area contributed by atoms with E-state index >= 15 is 0 Å². The van der Waals surface area contributed by atoms with Gasteiger partial charge in [-0.05, 0) is 34.4 Å². The Kier molecular flexibility index (Phi) is 5.22. The van der Waals surface area contributed by atoms with E-state index in [0.29, 0.717) is 0 Å². The average Bonchev–Trinajstić information content (AvgIpc) is 2.40. The topological polar surface area (TPSA) is 0 Å². The number of benzene rings is 2. The Morgan fingerprint density at radius 3 is 2.12 bits per heavy atom. The number of allylic oxidation sites excluding steroid dienone is 1. The van der Waals surface area contributed by atoms with Gasteiger partial charge in [-0.2, -0.15) is 0 Å². The van der Waals surface area contributed by atoms with Crippen LogP contribution in [0.25, 0.3) is 16.8 Å². The number of hydrogen-bond acceptors (Lipinski definition) is 0. The van der Waals surface area contributed by atoms with Crippen LogP contribution in [-0.4, -0.2) is 0 Å². The van der Waals surface area contributed by atoms with Crippen LogP contribution in [0.5, 0.6) is 0 Å². The summed E-state index contributed by atoms with van der Waals surface area (Å²) in [4.78, 5) is 0. The van der Waals surface area contributed by atoms with Crippen LogP contribution in [0.1, 0.15) is 25.0 Å². The van der Waals surface area contributed by atoms with E-state index in [9.17, 15) is 0 Å². The molecule has 0 saturated carbocycles. The van der Waals surface area contributed by atoms with Gasteiger partial charge in [0.2, 0.25) is 0 Å². The van der Waals surface area contributed by atoms with Gasteiger partial charge >= 0.3 is 0 Å². The zero-order valence-corrected chi connectivity index (χ0v) is 10.7. The van der Waals surface area contributed by atoms with Crippen LogP contribution in [0.4, 0.5) is 0 Å². The van der Waals surface area contributed by atoms with Crippen molar-refractivity contribution in [2.45, 2.75) is 20.3 Å². The third-order valence-electron chi connectivity index (χ3n) is 2.59. The monoisotopic (exact) mass is 224 g/mol. The predicted molar refractivity (Wildman–Crippen MR) is 79.3 cm³/mol. The molecule has 17 heavy (non-hydrogen) atoms. The molecule has 88 valence electrons. The van der Waals surface area contributed by atoms with E-state index in [1.807, 2.05) is 26.0 Å². The Bertz CT molecular complexity index is 506. The Hall–Kier alpha value is -1.82. The summed E-state index contributed by atoms with van der Waals surface area (Å²) >= 11 is 0. The lowest BCUT2D eigenvalue weighted by Gasteiger charge is -2.06. The molecule has 0 aromatic heterocycles. The van der Waals surface area contributed by atoms with Gasteiger partial charge in [0.1, 0.15) is 0 Å². The van der Waals surface area contributed by atoms with Crippen molar-refractivity contribution in [2.24, 2.45) is 0 Å². The number of rotatable bonds is 3. The van der Waals surface area contributed by atoms with Crippen LogP contribution in [-0.2, 0) is 6.42 Å². The van der Waals surface area contributed by atoms with Gasteiger partial charge in [-0.15, -0.1) is 6.58 Å². The summed E-state index contributed by atoms with van der Waals surface area (Å²) in [6, 6.07) is 12.8. The molecule has 0 aliphatic carbocycles. The molecule has 0 atom stereocenters. The SMILES string of the molecule is C=CCc1cc2ccccc2cc1C=C.CC. The molecule has 0 spiro atoms. The van der Waals surface area contributed by atoms with Crippen molar-refractivity contribution in [3.63, 3.8) is 0 Å². The standard InChI is InChI=1S/C15H14.C2H6/c1-3-7-13-11-15-9-6-5-8-14(15)10-12(13)4-2;1-2/h3-6,8-11H,1-2,7H2;1-2H3. The lowest BCUT2D eigenvalue weighted by molar-refractivity contribution is 1.28. The van der Waals surface area contributed by atoms with Crippen molar-refractivity contribution in [3.05, 3.63) is 66.8 Å². The molecule has 2 aromatic carbocycles. The molecule has 2 aromatic rings. The first-order valence-electron chi connectivity index (χ1n) is 6.10. The van der Waals surface area contributed by atoms with Gasteiger partial charge in [0.15, 0.2) is 0 Å². The fraction of sp³-hybridized carbons (Fsp3) is 0.176. The average molecular weight is 224 g/mol. The van der Waals surface area contributed by atoms with E-state index in [-0.39, 0.29) is 0 Å². The Labute approximate surface area is 104 Å². The molecule has 2 rings (SSSR count). The zero-order valence-electron chi connectivity index (χ0n) is 10.7. The molecule has 0 bridgehead atoms. The highest BCUT2D eigenvalue weighted by atomic mass is 14.0. The van der Waals surface area contributed by atoms with Gasteiger partial charge in [0, 0.05) is 0 Å². The van der Waals surface area contributed by atoms with E-state index in [1.165, 1.54) is 21.9 Å². The van der Waals surface area contributed by atoms with Crippen LogP contribution in [0.2, 0.25) is 0 Å². The first-order chi connectivity index (χ1) is 8.35. The van der Waals surface area contributed by atoms with Gasteiger partial charge in [-0.25, -0.2) is 0 Å². The molecule has 0 aliphatic rings. The van der Waals surface area contributed by atoms with Gasteiger partial charge in [-0.1, -0.05) is 62.9 Å². The molecular formula is C17H20. The lowest BCUT2D eigenvalue weighted by Crippen LogP contribution is -1.87. The normalized spacial score (nSPS) is 9.29. The van der Waals surface area contributed by atoms with Crippen LogP contribution in [0.15, 0.2) is 55.6 Å². The molecule has 0 radical (unpaired) electrons. The van der Waals surface area contributed by atoms with Crippen molar-refractivity contribution in [1.29, 1.82) is 0 Å². The number of fused-ring (bicyclic) bond motifs is 1. The largest absolute Gasteiger partial charge is 0.103 e. The minimum absolute atomic E-state index is 0.895. The van der Waals surface area contributed by atoms with Crippen LogP contribution in [0.3, 0.4) is 0 Å². The molecule has 0 heteroatoms. The second kappa shape index (κ2) is 6.70. The summed E-state index contributed by atoms with van der Waals surface area (Å²) < 4.78 is 0. The van der Waals surface area contributed by atoms with Crippen LogP contribution < -0.4 is 0 Å². The van der Waals surface area contributed by atoms with Crippen molar-refractivity contribution in [1.82, 2.24) is 0 Å².